The molecule has 6 nitrogen and oxygen atoms in total. The largest absolute Gasteiger partial charge is 0.495 e. The molecule has 0 spiro atoms. The lowest BCUT2D eigenvalue weighted by Crippen LogP contribution is -2.14. The Labute approximate surface area is 158 Å². The van der Waals surface area contributed by atoms with Crippen LogP contribution < -0.4 is 15.4 Å². The molecule has 0 saturated heterocycles. The Morgan fingerprint density at radius 3 is 2.48 bits per heavy atom. The Hall–Kier alpha value is -3.26. The number of anilines is 3. The lowest BCUT2D eigenvalue weighted by atomic mass is 10.2. The average molecular weight is 391 g/mol. The molecular weight excluding hydrogens is 378 g/mol. The third-order valence-corrected chi connectivity index (χ3v) is 3.80. The number of carbonyl (C=O) groups excluding carboxylic acids is 1. The van der Waals surface area contributed by atoms with Gasteiger partial charge >= 0.3 is 0 Å². The fraction of sp³-hybridized carbons (Fsp3) is 0.0556. The van der Waals surface area contributed by atoms with Crippen molar-refractivity contribution in [2.24, 2.45) is 0 Å². The number of nitrogens with zero attached hydrogens (tertiary/aromatic N) is 2. The summed E-state index contributed by atoms with van der Waals surface area (Å²) in [5.74, 6) is -1.47. The molecule has 1 aromatic heterocycles. The molecule has 0 atom stereocenters. The summed E-state index contributed by atoms with van der Waals surface area (Å²) in [7, 11) is 1.51. The predicted molar refractivity (Wildman–Crippen MR) is 97.6 cm³/mol. The summed E-state index contributed by atoms with van der Waals surface area (Å²) in [6.45, 7) is 0. The Kier molecular flexibility index (Phi) is 5.46. The molecule has 0 unspecified atom stereocenters. The van der Waals surface area contributed by atoms with Gasteiger partial charge in [-0.25, -0.2) is 18.7 Å². The monoisotopic (exact) mass is 390 g/mol. The van der Waals surface area contributed by atoms with E-state index in [9.17, 15) is 13.6 Å². The lowest BCUT2D eigenvalue weighted by molar-refractivity contribution is 0.102. The molecule has 1 amide bonds. The summed E-state index contributed by atoms with van der Waals surface area (Å²) in [5.41, 5.74) is 0.597. The third-order valence-electron chi connectivity index (χ3n) is 3.50. The van der Waals surface area contributed by atoms with Gasteiger partial charge in [-0.2, -0.15) is 0 Å². The number of rotatable bonds is 5. The number of ether oxygens (including phenoxy) is 1. The van der Waals surface area contributed by atoms with Crippen molar-refractivity contribution in [1.29, 1.82) is 0 Å². The number of amides is 1. The van der Waals surface area contributed by atoms with Crippen molar-refractivity contribution >= 4 is 34.8 Å². The molecule has 2 aromatic carbocycles. The molecule has 0 bridgehead atoms. The number of aromatic nitrogens is 2. The van der Waals surface area contributed by atoms with Crippen LogP contribution in [0.1, 0.15) is 10.4 Å². The molecule has 0 aliphatic rings. The molecule has 138 valence electrons. The fourth-order valence-corrected chi connectivity index (χ4v) is 2.43. The summed E-state index contributed by atoms with van der Waals surface area (Å²) in [6, 6.07) is 7.91. The van der Waals surface area contributed by atoms with Crippen LogP contribution in [0.5, 0.6) is 5.75 Å². The van der Waals surface area contributed by atoms with E-state index in [1.54, 1.807) is 18.2 Å². The zero-order chi connectivity index (χ0) is 19.4. The van der Waals surface area contributed by atoms with E-state index >= 15 is 0 Å². The Bertz CT molecular complexity index is 984. The second-order valence-electron chi connectivity index (χ2n) is 5.35. The molecular formula is C18H13ClF2N4O2. The van der Waals surface area contributed by atoms with Crippen LogP contribution >= 0.6 is 11.6 Å². The van der Waals surface area contributed by atoms with E-state index < -0.39 is 17.5 Å². The first-order valence-corrected chi connectivity index (χ1v) is 8.03. The van der Waals surface area contributed by atoms with Gasteiger partial charge in [0.1, 0.15) is 17.4 Å². The van der Waals surface area contributed by atoms with E-state index in [0.29, 0.717) is 22.5 Å². The maximum absolute atomic E-state index is 13.6. The quantitative estimate of drug-likeness (QED) is 0.674. The Morgan fingerprint density at radius 2 is 1.85 bits per heavy atom. The van der Waals surface area contributed by atoms with E-state index in [-0.39, 0.29) is 17.2 Å². The molecule has 0 aliphatic carbocycles. The number of carbonyl (C=O) groups is 1. The van der Waals surface area contributed by atoms with Gasteiger partial charge in [-0.3, -0.25) is 4.79 Å². The van der Waals surface area contributed by atoms with Gasteiger partial charge in [-0.05, 0) is 30.3 Å². The zero-order valence-corrected chi connectivity index (χ0v) is 14.7. The highest BCUT2D eigenvalue weighted by Gasteiger charge is 2.11. The molecule has 9 heteroatoms. The van der Waals surface area contributed by atoms with Gasteiger partial charge < -0.3 is 15.4 Å². The van der Waals surface area contributed by atoms with Crippen LogP contribution in [0.3, 0.4) is 0 Å². The first-order chi connectivity index (χ1) is 13.0. The van der Waals surface area contributed by atoms with Gasteiger partial charge in [-0.1, -0.05) is 11.6 Å². The number of methoxy groups -OCH3 is 1. The van der Waals surface area contributed by atoms with E-state index in [2.05, 4.69) is 20.6 Å². The van der Waals surface area contributed by atoms with Crippen molar-refractivity contribution in [2.45, 2.75) is 0 Å². The number of halogens is 3. The summed E-state index contributed by atoms with van der Waals surface area (Å²) < 4.78 is 31.6. The van der Waals surface area contributed by atoms with Gasteiger partial charge in [0.15, 0.2) is 0 Å². The molecule has 0 saturated carbocycles. The maximum atomic E-state index is 13.6. The Morgan fingerprint density at radius 1 is 1.11 bits per heavy atom. The van der Waals surface area contributed by atoms with Crippen molar-refractivity contribution in [2.75, 3.05) is 17.7 Å². The highest BCUT2D eigenvalue weighted by Crippen LogP contribution is 2.28. The number of hydrogen-bond donors (Lipinski definition) is 2. The number of benzene rings is 2. The molecule has 1 heterocycles. The van der Waals surface area contributed by atoms with Gasteiger partial charge in [-0.15, -0.1) is 0 Å². The first-order valence-electron chi connectivity index (χ1n) is 7.65. The standard InChI is InChI=1S/C18H13ClF2N4O2/c1-27-16-5-3-12(7-13(16)19)24-18-22-8-10(9-23-18)17(26)25-15-4-2-11(20)6-14(15)21/h2-9H,1H3,(H,25,26)(H,22,23,24). The highest BCUT2D eigenvalue weighted by molar-refractivity contribution is 6.32. The maximum Gasteiger partial charge on any atom is 0.258 e. The van der Waals surface area contributed by atoms with E-state index in [1.807, 2.05) is 0 Å². The first kappa shape index (κ1) is 18.5. The van der Waals surface area contributed by atoms with Crippen molar-refractivity contribution in [3.05, 3.63) is 71.0 Å². The fourth-order valence-electron chi connectivity index (χ4n) is 2.17. The molecule has 3 rings (SSSR count). The van der Waals surface area contributed by atoms with Crippen LogP contribution in [0.2, 0.25) is 5.02 Å². The topological polar surface area (TPSA) is 76.1 Å². The smallest absolute Gasteiger partial charge is 0.258 e. The minimum absolute atomic E-state index is 0.108. The van der Waals surface area contributed by atoms with Crippen LogP contribution in [0.4, 0.5) is 26.1 Å². The zero-order valence-electron chi connectivity index (χ0n) is 14.0. The van der Waals surface area contributed by atoms with E-state index in [0.717, 1.165) is 12.1 Å². The second-order valence-corrected chi connectivity index (χ2v) is 5.76. The minimum atomic E-state index is -0.876. The number of hydrogen-bond acceptors (Lipinski definition) is 5. The van der Waals surface area contributed by atoms with Gasteiger partial charge in [0.25, 0.3) is 5.91 Å². The van der Waals surface area contributed by atoms with Gasteiger partial charge in [0.2, 0.25) is 5.95 Å². The van der Waals surface area contributed by atoms with Crippen molar-refractivity contribution in [1.82, 2.24) is 9.97 Å². The summed E-state index contributed by atoms with van der Waals surface area (Å²) >= 11 is 6.05. The number of nitrogens with one attached hydrogen (secondary N) is 2. The van der Waals surface area contributed by atoms with Crippen molar-refractivity contribution < 1.29 is 18.3 Å². The van der Waals surface area contributed by atoms with Crippen molar-refractivity contribution in [3.8, 4) is 5.75 Å². The average Bonchev–Trinajstić information content (AvgIpc) is 2.65. The van der Waals surface area contributed by atoms with Gasteiger partial charge in [0, 0.05) is 24.1 Å². The van der Waals surface area contributed by atoms with E-state index in [1.165, 1.54) is 19.5 Å². The van der Waals surface area contributed by atoms with Crippen LogP contribution in [-0.2, 0) is 0 Å². The van der Waals surface area contributed by atoms with Crippen LogP contribution in [0.25, 0.3) is 0 Å². The highest BCUT2D eigenvalue weighted by atomic mass is 35.5. The summed E-state index contributed by atoms with van der Waals surface area (Å²) in [5, 5.41) is 5.68. The van der Waals surface area contributed by atoms with E-state index in [4.69, 9.17) is 16.3 Å². The SMILES string of the molecule is COc1ccc(Nc2ncc(C(=O)Nc3ccc(F)cc3F)cn2)cc1Cl. The summed E-state index contributed by atoms with van der Waals surface area (Å²) in [4.78, 5) is 20.2. The minimum Gasteiger partial charge on any atom is -0.495 e. The van der Waals surface area contributed by atoms with Crippen LogP contribution in [0.15, 0.2) is 48.8 Å². The Balaban J connectivity index is 1.69. The van der Waals surface area contributed by atoms with Crippen LogP contribution in [-0.4, -0.2) is 23.0 Å². The van der Waals surface area contributed by atoms with Crippen molar-refractivity contribution in [3.63, 3.8) is 0 Å². The predicted octanol–water partition coefficient (Wildman–Crippen LogP) is 4.41. The molecule has 0 radical (unpaired) electrons. The summed E-state index contributed by atoms with van der Waals surface area (Å²) in [6.07, 6.45) is 2.55. The molecule has 3 aromatic rings. The molecule has 0 fully saturated rings. The lowest BCUT2D eigenvalue weighted by Gasteiger charge is -2.09. The molecule has 27 heavy (non-hydrogen) atoms. The molecule has 0 aliphatic heterocycles. The normalized spacial score (nSPS) is 10.4. The third kappa shape index (κ3) is 4.48. The van der Waals surface area contributed by atoms with Gasteiger partial charge in [0.05, 0.1) is 23.4 Å². The second kappa shape index (κ2) is 7.96. The molecule has 2 N–H and O–H groups in total. The van der Waals surface area contributed by atoms with Crippen LogP contribution in [0, 0.1) is 11.6 Å².